The van der Waals surface area contributed by atoms with E-state index in [1.807, 2.05) is 24.3 Å². The standard InChI is InChI=1S/C21H21BrN2O5S/c1-24(12-14-29-18-8-6-17(22)7-9-18)21(25)16-4-10-20(11-5-16)30(26,27)23-15-19-3-2-13-28-19/h2-11,13,23H,12,14-15H2,1H3. The molecule has 0 bridgehead atoms. The number of ether oxygens (including phenoxy) is 1. The lowest BCUT2D eigenvalue weighted by molar-refractivity contribution is 0.0773. The van der Waals surface area contributed by atoms with Gasteiger partial charge in [-0.3, -0.25) is 4.79 Å². The molecule has 1 heterocycles. The molecule has 3 aromatic rings. The van der Waals surface area contributed by atoms with E-state index in [1.54, 1.807) is 19.2 Å². The van der Waals surface area contributed by atoms with E-state index in [0.29, 0.717) is 24.5 Å². The molecule has 1 amide bonds. The summed E-state index contributed by atoms with van der Waals surface area (Å²) in [6, 6.07) is 16.6. The maximum Gasteiger partial charge on any atom is 0.253 e. The van der Waals surface area contributed by atoms with Gasteiger partial charge in [-0.1, -0.05) is 15.9 Å². The molecule has 0 atom stereocenters. The fraction of sp³-hybridized carbons (Fsp3) is 0.190. The van der Waals surface area contributed by atoms with Crippen LogP contribution >= 0.6 is 15.9 Å². The van der Waals surface area contributed by atoms with Crippen LogP contribution in [0.3, 0.4) is 0 Å². The normalized spacial score (nSPS) is 11.3. The first-order chi connectivity index (χ1) is 14.3. The number of halogens is 1. The van der Waals surface area contributed by atoms with Gasteiger partial charge in [0.25, 0.3) is 5.91 Å². The van der Waals surface area contributed by atoms with Gasteiger partial charge in [0.1, 0.15) is 18.1 Å². The molecular formula is C21H21BrN2O5S. The van der Waals surface area contributed by atoms with Crippen LogP contribution in [0.4, 0.5) is 0 Å². The second kappa shape index (κ2) is 9.92. The molecule has 158 valence electrons. The van der Waals surface area contributed by atoms with Gasteiger partial charge in [0.05, 0.1) is 24.2 Å². The summed E-state index contributed by atoms with van der Waals surface area (Å²) in [6.45, 7) is 0.782. The van der Waals surface area contributed by atoms with Gasteiger partial charge in [0.2, 0.25) is 10.0 Å². The van der Waals surface area contributed by atoms with Crippen LogP contribution in [0, 0.1) is 0 Å². The Morgan fingerprint density at radius 1 is 1.10 bits per heavy atom. The molecular weight excluding hydrogens is 472 g/mol. The molecule has 1 N–H and O–H groups in total. The number of sulfonamides is 1. The fourth-order valence-electron chi connectivity index (χ4n) is 2.59. The molecule has 9 heteroatoms. The first kappa shape index (κ1) is 22.1. The lowest BCUT2D eigenvalue weighted by atomic mass is 10.2. The molecule has 0 aliphatic carbocycles. The summed E-state index contributed by atoms with van der Waals surface area (Å²) in [5.41, 5.74) is 0.395. The largest absolute Gasteiger partial charge is 0.492 e. The average Bonchev–Trinajstić information content (AvgIpc) is 3.27. The molecule has 0 aliphatic heterocycles. The number of benzene rings is 2. The predicted octanol–water partition coefficient (Wildman–Crippen LogP) is 3.67. The first-order valence-corrected chi connectivity index (χ1v) is 11.4. The van der Waals surface area contributed by atoms with Gasteiger partial charge in [-0.15, -0.1) is 0 Å². The van der Waals surface area contributed by atoms with Gasteiger partial charge in [-0.05, 0) is 60.7 Å². The Morgan fingerprint density at radius 2 is 1.80 bits per heavy atom. The van der Waals surface area contributed by atoms with Crippen LogP contribution in [-0.4, -0.2) is 39.4 Å². The van der Waals surface area contributed by atoms with Gasteiger partial charge in [-0.25, -0.2) is 13.1 Å². The third kappa shape index (κ3) is 5.94. The summed E-state index contributed by atoms with van der Waals surface area (Å²) in [5, 5.41) is 0. The van der Waals surface area contributed by atoms with E-state index >= 15 is 0 Å². The van der Waals surface area contributed by atoms with Crippen molar-refractivity contribution in [1.82, 2.24) is 9.62 Å². The van der Waals surface area contributed by atoms with Crippen LogP contribution in [0.5, 0.6) is 5.75 Å². The number of nitrogens with one attached hydrogen (secondary N) is 1. The molecule has 0 unspecified atom stereocenters. The van der Waals surface area contributed by atoms with Crippen LogP contribution in [-0.2, 0) is 16.6 Å². The summed E-state index contributed by atoms with van der Waals surface area (Å²) in [4.78, 5) is 14.2. The highest BCUT2D eigenvalue weighted by atomic mass is 79.9. The van der Waals surface area contributed by atoms with E-state index < -0.39 is 10.0 Å². The van der Waals surface area contributed by atoms with Gasteiger partial charge in [0, 0.05) is 17.1 Å². The first-order valence-electron chi connectivity index (χ1n) is 9.11. The van der Waals surface area contributed by atoms with Gasteiger partial charge in [-0.2, -0.15) is 0 Å². The molecule has 2 aromatic carbocycles. The van der Waals surface area contributed by atoms with Crippen molar-refractivity contribution in [1.29, 1.82) is 0 Å². The van der Waals surface area contributed by atoms with Crippen molar-refractivity contribution in [2.75, 3.05) is 20.2 Å². The molecule has 1 aromatic heterocycles. The van der Waals surface area contributed by atoms with E-state index in [-0.39, 0.29) is 17.3 Å². The van der Waals surface area contributed by atoms with Crippen LogP contribution in [0.1, 0.15) is 16.1 Å². The number of nitrogens with zero attached hydrogens (tertiary/aromatic N) is 1. The zero-order chi connectivity index (χ0) is 21.6. The SMILES string of the molecule is CN(CCOc1ccc(Br)cc1)C(=O)c1ccc(S(=O)(=O)NCc2ccco2)cc1. The number of furan rings is 1. The van der Waals surface area contributed by atoms with E-state index in [2.05, 4.69) is 20.7 Å². The van der Waals surface area contributed by atoms with Crippen LogP contribution in [0.15, 0.2) is 80.7 Å². The van der Waals surface area contributed by atoms with Crippen molar-refractivity contribution < 1.29 is 22.4 Å². The maximum atomic E-state index is 12.6. The molecule has 0 saturated heterocycles. The minimum Gasteiger partial charge on any atom is -0.492 e. The van der Waals surface area contributed by atoms with Crippen molar-refractivity contribution in [3.8, 4) is 5.75 Å². The quantitative estimate of drug-likeness (QED) is 0.492. The lowest BCUT2D eigenvalue weighted by Gasteiger charge is -2.18. The smallest absolute Gasteiger partial charge is 0.253 e. The zero-order valence-corrected chi connectivity index (χ0v) is 18.6. The molecule has 0 spiro atoms. The van der Waals surface area contributed by atoms with Gasteiger partial charge in [0.15, 0.2) is 0 Å². The summed E-state index contributed by atoms with van der Waals surface area (Å²) in [5.74, 6) is 1.01. The number of carbonyl (C=O) groups excluding carboxylic acids is 1. The van der Waals surface area contributed by atoms with E-state index in [9.17, 15) is 13.2 Å². The van der Waals surface area contributed by atoms with Gasteiger partial charge < -0.3 is 14.1 Å². The number of likely N-dealkylation sites (N-methyl/N-ethyl adjacent to an activating group) is 1. The monoisotopic (exact) mass is 492 g/mol. The minimum atomic E-state index is -3.71. The predicted molar refractivity (Wildman–Crippen MR) is 116 cm³/mol. The van der Waals surface area contributed by atoms with Gasteiger partial charge >= 0.3 is 0 Å². The Hall–Kier alpha value is -2.62. The van der Waals surface area contributed by atoms with E-state index in [0.717, 1.165) is 10.2 Å². The number of hydrogen-bond acceptors (Lipinski definition) is 5. The number of rotatable bonds is 9. The minimum absolute atomic E-state index is 0.0527. The highest BCUT2D eigenvalue weighted by Gasteiger charge is 2.17. The fourth-order valence-corrected chi connectivity index (χ4v) is 3.85. The van der Waals surface area contributed by atoms with Crippen molar-refractivity contribution in [3.05, 3.63) is 82.7 Å². The molecule has 7 nitrogen and oxygen atoms in total. The Balaban J connectivity index is 1.53. The highest BCUT2D eigenvalue weighted by Crippen LogP contribution is 2.16. The third-order valence-electron chi connectivity index (χ3n) is 4.28. The number of carbonyl (C=O) groups is 1. The number of hydrogen-bond donors (Lipinski definition) is 1. The summed E-state index contributed by atoms with van der Waals surface area (Å²) in [7, 11) is -2.04. The van der Waals surface area contributed by atoms with Crippen molar-refractivity contribution in [2.45, 2.75) is 11.4 Å². The summed E-state index contributed by atoms with van der Waals surface area (Å²) < 4.78 is 38.9. The Labute approximate surface area is 183 Å². The van der Waals surface area contributed by atoms with Crippen molar-refractivity contribution >= 4 is 31.9 Å². The van der Waals surface area contributed by atoms with Crippen molar-refractivity contribution in [2.24, 2.45) is 0 Å². The molecule has 0 aliphatic rings. The topological polar surface area (TPSA) is 88.8 Å². The van der Waals surface area contributed by atoms with Crippen molar-refractivity contribution in [3.63, 3.8) is 0 Å². The Kier molecular flexibility index (Phi) is 7.30. The Bertz CT molecular complexity index is 1070. The molecule has 0 saturated carbocycles. The molecule has 30 heavy (non-hydrogen) atoms. The van der Waals surface area contributed by atoms with Crippen LogP contribution < -0.4 is 9.46 Å². The number of amides is 1. The average molecular weight is 493 g/mol. The summed E-state index contributed by atoms with van der Waals surface area (Å²) >= 11 is 3.36. The highest BCUT2D eigenvalue weighted by molar-refractivity contribution is 9.10. The van der Waals surface area contributed by atoms with E-state index in [1.165, 1.54) is 35.4 Å². The maximum absolute atomic E-state index is 12.6. The third-order valence-corrected chi connectivity index (χ3v) is 6.23. The van der Waals surface area contributed by atoms with Crippen LogP contribution in [0.2, 0.25) is 0 Å². The molecule has 0 radical (unpaired) electrons. The van der Waals surface area contributed by atoms with Crippen LogP contribution in [0.25, 0.3) is 0 Å². The zero-order valence-electron chi connectivity index (χ0n) is 16.2. The molecule has 3 rings (SSSR count). The molecule has 0 fully saturated rings. The summed E-state index contributed by atoms with van der Waals surface area (Å²) in [6.07, 6.45) is 1.48. The second-order valence-corrected chi connectivity index (χ2v) is 9.14. The lowest BCUT2D eigenvalue weighted by Crippen LogP contribution is -2.31. The van der Waals surface area contributed by atoms with E-state index in [4.69, 9.17) is 9.15 Å². The second-order valence-electron chi connectivity index (χ2n) is 6.46. The Morgan fingerprint density at radius 3 is 2.43 bits per heavy atom.